The average Bonchev–Trinajstić information content (AvgIpc) is 3.27. The van der Waals surface area contributed by atoms with Crippen molar-refractivity contribution in [3.63, 3.8) is 0 Å². The summed E-state index contributed by atoms with van der Waals surface area (Å²) in [6, 6.07) is 36.6. The van der Waals surface area contributed by atoms with Gasteiger partial charge in [-0.25, -0.2) is 0 Å². The number of aliphatic hydroxyl groups is 2. The molecule has 2 fully saturated rings. The minimum atomic E-state index is -2.19. The Hall–Kier alpha value is -3.33. The van der Waals surface area contributed by atoms with Gasteiger partial charge in [0.05, 0.1) is 24.4 Å². The van der Waals surface area contributed by atoms with Gasteiger partial charge in [-0.1, -0.05) is 168 Å². The molecule has 0 spiro atoms. The zero-order valence-electron chi connectivity index (χ0n) is 41.9. The molecule has 2 aliphatic heterocycles. The molecule has 0 bridgehead atoms. The zero-order chi connectivity index (χ0) is 47.6. The molecule has 0 aliphatic carbocycles. The standard InChI is InChI=1S/C35H49NO3Si.C20H35NO3Si/c1-25(2)40(26(3)4,27(5)6)39-34-23-36(28(7)30-16-12-9-13-17-30)22-33(37)35(34)31-18-20-32(21-19-31)38-24-29-14-10-8-11-15-29;1-13(2)25(14(3)4,15(5)6)24-19-12-21-11-18(23)20(19)16-7-9-17(22)10-8-16/h8-21,25-28,33-35,37H,22-24H2,1-7H3;7-10,13-15,18-23H,11-12H2,1-6H3/t28-,33+,34-,35-;18-,19+,20+/m10/s1. The van der Waals surface area contributed by atoms with E-state index in [1.54, 1.807) is 12.1 Å². The predicted molar refractivity (Wildman–Crippen MR) is 274 cm³/mol. The summed E-state index contributed by atoms with van der Waals surface area (Å²) < 4.78 is 20.5. The number of piperidine rings is 2. The van der Waals surface area contributed by atoms with E-state index in [2.05, 4.69) is 155 Å². The third-order valence-corrected chi connectivity index (χ3v) is 27.2. The molecule has 4 aromatic rings. The summed E-state index contributed by atoms with van der Waals surface area (Å²) in [7, 11) is -4.22. The van der Waals surface area contributed by atoms with E-state index in [1.165, 1.54) is 5.56 Å². The minimum Gasteiger partial charge on any atom is -0.508 e. The number of hydrogen-bond acceptors (Lipinski definition) is 8. The number of nitrogens with one attached hydrogen (secondary N) is 1. The van der Waals surface area contributed by atoms with E-state index in [4.69, 9.17) is 13.6 Å². The second-order valence-corrected chi connectivity index (χ2v) is 31.6. The van der Waals surface area contributed by atoms with Gasteiger partial charge in [-0.05, 0) is 86.7 Å². The number of nitrogens with zero attached hydrogens (tertiary/aromatic N) is 1. The van der Waals surface area contributed by atoms with Crippen LogP contribution in [0, 0.1) is 0 Å². The Balaban J connectivity index is 0.000000273. The van der Waals surface area contributed by atoms with Crippen LogP contribution in [0.5, 0.6) is 11.5 Å². The Morgan fingerprint density at radius 3 is 1.48 bits per heavy atom. The highest BCUT2D eigenvalue weighted by Gasteiger charge is 2.51. The molecule has 8 nitrogen and oxygen atoms in total. The highest BCUT2D eigenvalue weighted by atomic mass is 28.4. The summed E-state index contributed by atoms with van der Waals surface area (Å²) >= 11 is 0. The first kappa shape index (κ1) is 52.6. The van der Waals surface area contributed by atoms with E-state index in [1.807, 2.05) is 42.5 Å². The van der Waals surface area contributed by atoms with Crippen LogP contribution in [0.4, 0.5) is 0 Å². The van der Waals surface area contributed by atoms with Gasteiger partial charge in [0.1, 0.15) is 18.1 Å². The lowest BCUT2D eigenvalue weighted by atomic mass is 9.84. The van der Waals surface area contributed by atoms with Crippen molar-refractivity contribution in [1.82, 2.24) is 10.2 Å². The van der Waals surface area contributed by atoms with Gasteiger partial charge in [-0.15, -0.1) is 0 Å². The van der Waals surface area contributed by atoms with Gasteiger partial charge in [0.2, 0.25) is 16.6 Å². The SMILES string of the molecule is CC(C)[Si](O[C@@H]1CN([C@H](C)c2ccccc2)C[C@H](O)[C@H]1c1ccc(OCc2ccccc2)cc1)(C(C)C)C(C)C.CC(C)[Si](O[C@@H]1CNC[C@H](O)[C@H]1c1ccc(O)cc1)(C(C)C)C(C)C. The Kier molecular flexibility index (Phi) is 19.1. The largest absolute Gasteiger partial charge is 0.508 e. The molecule has 2 aliphatic rings. The summed E-state index contributed by atoms with van der Waals surface area (Å²) in [5.74, 6) is 0.931. The molecule has 0 saturated carbocycles. The fourth-order valence-electron chi connectivity index (χ4n) is 11.8. The van der Waals surface area contributed by atoms with Crippen LogP contribution >= 0.6 is 0 Å². The van der Waals surface area contributed by atoms with Gasteiger partial charge in [-0.3, -0.25) is 4.90 Å². The second-order valence-electron chi connectivity index (χ2n) is 20.8. The van der Waals surface area contributed by atoms with E-state index in [9.17, 15) is 15.3 Å². The first-order chi connectivity index (χ1) is 30.8. The van der Waals surface area contributed by atoms with Crippen LogP contribution in [0.1, 0.15) is 130 Å². The number of likely N-dealkylation sites (tertiary alicyclic amines) is 1. The van der Waals surface area contributed by atoms with E-state index >= 15 is 0 Å². The van der Waals surface area contributed by atoms with Crippen molar-refractivity contribution >= 4 is 16.6 Å². The fourth-order valence-corrected chi connectivity index (χ4v) is 23.0. The third-order valence-electron chi connectivity index (χ3n) is 14.9. The monoisotopic (exact) mass is 925 g/mol. The topological polar surface area (TPSA) is 104 Å². The van der Waals surface area contributed by atoms with Crippen molar-refractivity contribution in [3.8, 4) is 11.5 Å². The Morgan fingerprint density at radius 1 is 0.538 bits per heavy atom. The average molecular weight is 925 g/mol. The maximum absolute atomic E-state index is 11.8. The maximum Gasteiger partial charge on any atom is 0.200 e. The Bertz CT molecular complexity index is 1940. The van der Waals surface area contributed by atoms with Crippen LogP contribution in [0.15, 0.2) is 109 Å². The molecule has 0 aromatic heterocycles. The molecule has 4 N–H and O–H groups in total. The van der Waals surface area contributed by atoms with Crippen LogP contribution in [0.2, 0.25) is 33.2 Å². The maximum atomic E-state index is 11.8. The van der Waals surface area contributed by atoms with E-state index in [0.29, 0.717) is 52.9 Å². The lowest BCUT2D eigenvalue weighted by molar-refractivity contribution is -0.0381. The van der Waals surface area contributed by atoms with Crippen molar-refractivity contribution in [2.75, 3.05) is 26.2 Å². The van der Waals surface area contributed by atoms with Crippen LogP contribution in [0.3, 0.4) is 0 Å². The molecule has 65 heavy (non-hydrogen) atoms. The third kappa shape index (κ3) is 12.4. The minimum absolute atomic E-state index is 0.0489. The molecule has 0 unspecified atom stereocenters. The van der Waals surface area contributed by atoms with Crippen molar-refractivity contribution in [2.24, 2.45) is 0 Å². The summed E-state index contributed by atoms with van der Waals surface area (Å²) in [5, 5.41) is 35.4. The summed E-state index contributed by atoms with van der Waals surface area (Å²) in [4.78, 5) is 2.42. The number of hydrogen-bond donors (Lipinski definition) is 4. The number of phenolic OH excluding ortho intramolecular Hbond substituents is 1. The zero-order valence-corrected chi connectivity index (χ0v) is 43.9. The van der Waals surface area contributed by atoms with E-state index < -0.39 is 28.8 Å². The van der Waals surface area contributed by atoms with Gasteiger partial charge in [0.15, 0.2) is 0 Å². The summed E-state index contributed by atoms with van der Waals surface area (Å²) in [6.45, 7) is 33.3. The normalized spacial score (nSPS) is 22.7. The van der Waals surface area contributed by atoms with Crippen molar-refractivity contribution in [1.29, 1.82) is 0 Å². The lowest BCUT2D eigenvalue weighted by Crippen LogP contribution is -2.58. The van der Waals surface area contributed by atoms with Crippen LogP contribution < -0.4 is 10.1 Å². The number of β-amino-alcohol motifs (C(OH)–C–C–N with tert-alkyl or cyclic N) is 2. The molecule has 10 heteroatoms. The predicted octanol–water partition coefficient (Wildman–Crippen LogP) is 12.3. The number of aliphatic hydroxyl groups excluding tert-OH is 2. The second kappa shape index (κ2) is 23.6. The molecule has 7 atom stereocenters. The van der Waals surface area contributed by atoms with Gasteiger partial charge >= 0.3 is 0 Å². The molecule has 0 amide bonds. The number of aromatic hydroxyl groups is 1. The molecule has 2 saturated heterocycles. The highest BCUT2D eigenvalue weighted by molar-refractivity contribution is 6.78. The first-order valence-corrected chi connectivity index (χ1v) is 28.9. The number of phenols is 1. The van der Waals surface area contributed by atoms with Crippen LogP contribution in [-0.2, 0) is 15.5 Å². The fraction of sp³-hybridized carbons (Fsp3) is 0.564. The quantitative estimate of drug-likeness (QED) is 0.0777. The van der Waals surface area contributed by atoms with E-state index in [-0.39, 0.29) is 35.8 Å². The number of benzene rings is 4. The first-order valence-electron chi connectivity index (χ1n) is 24.6. The molecule has 0 radical (unpaired) electrons. The van der Waals surface area contributed by atoms with E-state index in [0.717, 1.165) is 35.5 Å². The lowest BCUT2D eigenvalue weighted by Gasteiger charge is -2.51. The van der Waals surface area contributed by atoms with Gasteiger partial charge < -0.3 is 34.2 Å². The van der Waals surface area contributed by atoms with Crippen molar-refractivity contribution in [3.05, 3.63) is 131 Å². The highest BCUT2D eigenvalue weighted by Crippen LogP contribution is 2.47. The van der Waals surface area contributed by atoms with Crippen molar-refractivity contribution in [2.45, 2.75) is 172 Å². The molecular formula is C55H84N2O6Si2. The molecule has 2 heterocycles. The molecule has 358 valence electrons. The van der Waals surface area contributed by atoms with Gasteiger partial charge in [-0.2, -0.15) is 0 Å². The molecular weight excluding hydrogens is 841 g/mol. The van der Waals surface area contributed by atoms with Crippen LogP contribution in [-0.4, -0.2) is 87.4 Å². The smallest absolute Gasteiger partial charge is 0.200 e. The summed E-state index contributed by atoms with van der Waals surface area (Å²) in [6.07, 6.45) is -1.15. The Labute approximate surface area is 395 Å². The molecule has 4 aromatic carbocycles. The van der Waals surface area contributed by atoms with Gasteiger partial charge in [0.25, 0.3) is 0 Å². The number of rotatable bonds is 17. The summed E-state index contributed by atoms with van der Waals surface area (Å²) in [5.41, 5.74) is 7.51. The van der Waals surface area contributed by atoms with Gasteiger partial charge in [0, 0.05) is 44.1 Å². The Morgan fingerprint density at radius 2 is 0.985 bits per heavy atom. The molecule has 6 rings (SSSR count). The number of ether oxygens (including phenoxy) is 1. The van der Waals surface area contributed by atoms with Crippen molar-refractivity contribution < 1.29 is 28.9 Å². The van der Waals surface area contributed by atoms with Crippen LogP contribution in [0.25, 0.3) is 0 Å².